The number of halogens is 1. The molecule has 0 N–H and O–H groups in total. The molecule has 0 amide bonds. The average molecular weight is 262 g/mol. The third-order valence-corrected chi connectivity index (χ3v) is 4.39. The molecule has 0 radical (unpaired) electrons. The first-order valence-electron chi connectivity index (χ1n) is 6.08. The summed E-state index contributed by atoms with van der Waals surface area (Å²) in [7, 11) is 0. The molecule has 1 saturated heterocycles. The van der Waals surface area contributed by atoms with E-state index in [1.807, 2.05) is 0 Å². The summed E-state index contributed by atoms with van der Waals surface area (Å²) in [4.78, 5) is 2.70. The highest BCUT2D eigenvalue weighted by molar-refractivity contribution is 9.09. The number of nitrogens with zero attached hydrogens (tertiary/aromatic N) is 1. The third-order valence-electron chi connectivity index (χ3n) is 3.48. The van der Waals surface area contributed by atoms with Crippen LogP contribution in [0.15, 0.2) is 0 Å². The third kappa shape index (κ3) is 3.90. The summed E-state index contributed by atoms with van der Waals surface area (Å²) in [6, 6.07) is 0.811. The summed E-state index contributed by atoms with van der Waals surface area (Å²) >= 11 is 3.62. The highest BCUT2D eigenvalue weighted by Gasteiger charge is 2.19. The fraction of sp³-hybridized carbons (Fsp3) is 1.00. The molecular formula is C12H24BrN. The lowest BCUT2D eigenvalue weighted by Crippen LogP contribution is -2.37. The predicted octanol–water partition coefficient (Wildman–Crippen LogP) is 3.67. The Hall–Kier alpha value is 0.440. The van der Waals surface area contributed by atoms with E-state index in [0.717, 1.165) is 17.3 Å². The van der Waals surface area contributed by atoms with Crippen LogP contribution in [0.1, 0.15) is 46.0 Å². The smallest absolute Gasteiger partial charge is 0.00717 e. The van der Waals surface area contributed by atoms with Crippen LogP contribution in [0.25, 0.3) is 0 Å². The molecule has 1 rings (SSSR count). The van der Waals surface area contributed by atoms with Gasteiger partial charge in [0.25, 0.3) is 0 Å². The maximum absolute atomic E-state index is 3.62. The number of hydrogen-bond donors (Lipinski definition) is 0. The molecule has 0 spiro atoms. The Morgan fingerprint density at radius 3 is 2.79 bits per heavy atom. The van der Waals surface area contributed by atoms with Crippen molar-refractivity contribution in [3.63, 3.8) is 0 Å². The summed E-state index contributed by atoms with van der Waals surface area (Å²) in [5.41, 5.74) is 0. The Balaban J connectivity index is 2.39. The summed E-state index contributed by atoms with van der Waals surface area (Å²) < 4.78 is 0. The van der Waals surface area contributed by atoms with Gasteiger partial charge in [0.2, 0.25) is 0 Å². The van der Waals surface area contributed by atoms with Gasteiger partial charge in [0, 0.05) is 17.9 Å². The molecule has 0 aromatic rings. The molecule has 2 atom stereocenters. The number of hydrogen-bond acceptors (Lipinski definition) is 1. The van der Waals surface area contributed by atoms with Crippen LogP contribution in [-0.4, -0.2) is 29.4 Å². The van der Waals surface area contributed by atoms with Crippen LogP contribution >= 0.6 is 15.9 Å². The van der Waals surface area contributed by atoms with Gasteiger partial charge in [-0.05, 0) is 32.2 Å². The topological polar surface area (TPSA) is 3.24 Å². The molecule has 2 heteroatoms. The Kier molecular flexibility index (Phi) is 6.11. The first-order chi connectivity index (χ1) is 6.77. The van der Waals surface area contributed by atoms with Gasteiger partial charge in [-0.3, -0.25) is 0 Å². The van der Waals surface area contributed by atoms with Gasteiger partial charge in [-0.1, -0.05) is 42.1 Å². The first kappa shape index (κ1) is 12.5. The maximum atomic E-state index is 3.62. The van der Waals surface area contributed by atoms with Crippen molar-refractivity contribution >= 4 is 15.9 Å². The highest BCUT2D eigenvalue weighted by atomic mass is 79.9. The zero-order valence-electron chi connectivity index (χ0n) is 9.64. The molecule has 2 unspecified atom stereocenters. The largest absolute Gasteiger partial charge is 0.300 e. The van der Waals surface area contributed by atoms with Crippen LogP contribution in [0.2, 0.25) is 0 Å². The number of likely N-dealkylation sites (tertiary alicyclic amines) is 1. The molecule has 84 valence electrons. The van der Waals surface area contributed by atoms with Gasteiger partial charge in [-0.15, -0.1) is 0 Å². The van der Waals surface area contributed by atoms with E-state index in [9.17, 15) is 0 Å². The van der Waals surface area contributed by atoms with Crippen LogP contribution < -0.4 is 0 Å². The molecule has 14 heavy (non-hydrogen) atoms. The lowest BCUT2D eigenvalue weighted by molar-refractivity contribution is 0.185. The molecular weight excluding hydrogens is 238 g/mol. The van der Waals surface area contributed by atoms with Crippen LogP contribution in [-0.2, 0) is 0 Å². The standard InChI is InChI=1S/C12H24BrN/c1-3-12(9-13)10-14-8-6-4-5-7-11(14)2/h11-12H,3-10H2,1-2H3. The van der Waals surface area contributed by atoms with E-state index >= 15 is 0 Å². The Morgan fingerprint density at radius 2 is 2.14 bits per heavy atom. The second-order valence-electron chi connectivity index (χ2n) is 4.62. The van der Waals surface area contributed by atoms with Crippen molar-refractivity contribution in [2.45, 2.75) is 52.0 Å². The summed E-state index contributed by atoms with van der Waals surface area (Å²) in [5, 5.41) is 1.16. The lowest BCUT2D eigenvalue weighted by atomic mass is 10.1. The van der Waals surface area contributed by atoms with Crippen molar-refractivity contribution in [2.75, 3.05) is 18.4 Å². The Labute approximate surface area is 97.4 Å². The van der Waals surface area contributed by atoms with Crippen molar-refractivity contribution in [2.24, 2.45) is 5.92 Å². The zero-order valence-corrected chi connectivity index (χ0v) is 11.2. The van der Waals surface area contributed by atoms with E-state index in [1.54, 1.807) is 0 Å². The maximum Gasteiger partial charge on any atom is 0.00717 e. The van der Waals surface area contributed by atoms with E-state index < -0.39 is 0 Å². The Bertz CT molecular complexity index is 145. The highest BCUT2D eigenvalue weighted by Crippen LogP contribution is 2.19. The molecule has 0 bridgehead atoms. The van der Waals surface area contributed by atoms with E-state index in [-0.39, 0.29) is 0 Å². The Morgan fingerprint density at radius 1 is 1.36 bits per heavy atom. The summed E-state index contributed by atoms with van der Waals surface area (Å²) in [6.45, 7) is 7.31. The van der Waals surface area contributed by atoms with E-state index in [4.69, 9.17) is 0 Å². The SMILES string of the molecule is CCC(CBr)CN1CCCCCC1C. The minimum atomic E-state index is 0.811. The minimum Gasteiger partial charge on any atom is -0.300 e. The molecule has 1 aliphatic rings. The van der Waals surface area contributed by atoms with Gasteiger partial charge in [-0.25, -0.2) is 0 Å². The summed E-state index contributed by atoms with van der Waals surface area (Å²) in [5.74, 6) is 0.843. The number of rotatable bonds is 4. The van der Waals surface area contributed by atoms with E-state index in [0.29, 0.717) is 0 Å². The first-order valence-corrected chi connectivity index (χ1v) is 7.20. The van der Waals surface area contributed by atoms with Gasteiger partial charge >= 0.3 is 0 Å². The fourth-order valence-electron chi connectivity index (χ4n) is 2.22. The van der Waals surface area contributed by atoms with Crippen LogP contribution in [0.4, 0.5) is 0 Å². The van der Waals surface area contributed by atoms with Gasteiger partial charge in [0.15, 0.2) is 0 Å². The second-order valence-corrected chi connectivity index (χ2v) is 5.27. The fourth-order valence-corrected chi connectivity index (χ4v) is 2.89. The van der Waals surface area contributed by atoms with Crippen LogP contribution in [0.3, 0.4) is 0 Å². The normalized spacial score (nSPS) is 27.2. The van der Waals surface area contributed by atoms with Crippen molar-refractivity contribution in [3.8, 4) is 0 Å². The van der Waals surface area contributed by atoms with Crippen LogP contribution in [0.5, 0.6) is 0 Å². The van der Waals surface area contributed by atoms with E-state index in [2.05, 4.69) is 34.7 Å². The zero-order chi connectivity index (χ0) is 10.4. The molecule has 1 aliphatic heterocycles. The number of alkyl halides is 1. The van der Waals surface area contributed by atoms with Crippen molar-refractivity contribution in [3.05, 3.63) is 0 Å². The van der Waals surface area contributed by atoms with E-state index in [1.165, 1.54) is 45.2 Å². The van der Waals surface area contributed by atoms with Crippen molar-refractivity contribution in [1.82, 2.24) is 4.90 Å². The molecule has 0 saturated carbocycles. The quantitative estimate of drug-likeness (QED) is 0.699. The molecule has 1 fully saturated rings. The molecule has 0 aromatic heterocycles. The lowest BCUT2D eigenvalue weighted by Gasteiger charge is -2.30. The van der Waals surface area contributed by atoms with Gasteiger partial charge in [-0.2, -0.15) is 0 Å². The predicted molar refractivity (Wildman–Crippen MR) is 67.1 cm³/mol. The van der Waals surface area contributed by atoms with Crippen LogP contribution in [0, 0.1) is 5.92 Å². The van der Waals surface area contributed by atoms with Gasteiger partial charge in [0.1, 0.15) is 0 Å². The van der Waals surface area contributed by atoms with Crippen molar-refractivity contribution in [1.29, 1.82) is 0 Å². The molecule has 1 nitrogen and oxygen atoms in total. The van der Waals surface area contributed by atoms with Crippen molar-refractivity contribution < 1.29 is 0 Å². The minimum absolute atomic E-state index is 0.811. The van der Waals surface area contributed by atoms with Gasteiger partial charge in [0.05, 0.1) is 0 Å². The van der Waals surface area contributed by atoms with Gasteiger partial charge < -0.3 is 4.90 Å². The molecule has 0 aliphatic carbocycles. The second kappa shape index (κ2) is 6.84. The molecule has 1 heterocycles. The average Bonchev–Trinajstić information content (AvgIpc) is 2.40. The monoisotopic (exact) mass is 261 g/mol. The summed E-state index contributed by atoms with van der Waals surface area (Å²) in [6.07, 6.45) is 6.98. The molecule has 0 aromatic carbocycles.